The van der Waals surface area contributed by atoms with Gasteiger partial charge in [0.05, 0.1) is 22.4 Å². The molecule has 2 rings (SSSR count). The molecule has 20 heavy (non-hydrogen) atoms. The number of hydrogen-bond donors (Lipinski definition) is 1. The molecular weight excluding hydrogens is 342 g/mol. The summed E-state index contributed by atoms with van der Waals surface area (Å²) in [5.41, 5.74) is 0. The first-order valence-electron chi connectivity index (χ1n) is 5.31. The third kappa shape index (κ3) is 3.60. The molecular formula is C10H10ClN3O3S3. The first kappa shape index (κ1) is 15.5. The number of amides is 1. The molecule has 0 aliphatic carbocycles. The standard InChI is InChI=1S/C10H10ClN3O3S3/c1-5-8(11)7-9(12-4-13-10(7)19-5)18-3-6(15)14-20(2,16)17/h4H,3H2,1-2H3,(H,14,15). The molecule has 0 saturated carbocycles. The van der Waals surface area contributed by atoms with Gasteiger partial charge in [0.25, 0.3) is 0 Å². The average molecular weight is 352 g/mol. The number of thiophene rings is 1. The third-order valence-electron chi connectivity index (χ3n) is 2.20. The van der Waals surface area contributed by atoms with E-state index < -0.39 is 15.9 Å². The maximum atomic E-state index is 11.5. The molecule has 0 saturated heterocycles. The van der Waals surface area contributed by atoms with Gasteiger partial charge in [-0.25, -0.2) is 18.4 Å². The maximum Gasteiger partial charge on any atom is 0.243 e. The zero-order valence-corrected chi connectivity index (χ0v) is 13.7. The molecule has 2 aromatic rings. The molecule has 1 amide bonds. The lowest BCUT2D eigenvalue weighted by Gasteiger charge is -2.03. The van der Waals surface area contributed by atoms with E-state index in [9.17, 15) is 13.2 Å². The molecule has 2 heterocycles. The fraction of sp³-hybridized carbons (Fsp3) is 0.300. The Morgan fingerprint density at radius 2 is 2.20 bits per heavy atom. The molecule has 10 heteroatoms. The molecule has 0 spiro atoms. The van der Waals surface area contributed by atoms with Crippen LogP contribution < -0.4 is 4.72 Å². The number of nitrogens with zero attached hydrogens (tertiary/aromatic N) is 2. The van der Waals surface area contributed by atoms with Gasteiger partial charge in [-0.15, -0.1) is 11.3 Å². The summed E-state index contributed by atoms with van der Waals surface area (Å²) < 4.78 is 23.8. The van der Waals surface area contributed by atoms with Crippen LogP contribution in [0.4, 0.5) is 0 Å². The Kier molecular flexibility index (Phi) is 4.52. The lowest BCUT2D eigenvalue weighted by molar-refractivity contribution is -0.116. The van der Waals surface area contributed by atoms with Gasteiger partial charge >= 0.3 is 0 Å². The Labute approximate surface area is 129 Å². The number of carbonyl (C=O) groups is 1. The molecule has 0 fully saturated rings. The van der Waals surface area contributed by atoms with Gasteiger partial charge < -0.3 is 0 Å². The van der Waals surface area contributed by atoms with Gasteiger partial charge in [0, 0.05) is 4.88 Å². The number of aromatic nitrogens is 2. The highest BCUT2D eigenvalue weighted by Gasteiger charge is 2.16. The van der Waals surface area contributed by atoms with E-state index in [0.29, 0.717) is 15.4 Å². The van der Waals surface area contributed by atoms with Gasteiger partial charge in [0.15, 0.2) is 0 Å². The number of aryl methyl sites for hydroxylation is 1. The van der Waals surface area contributed by atoms with Crippen molar-refractivity contribution in [1.82, 2.24) is 14.7 Å². The van der Waals surface area contributed by atoms with Crippen LogP contribution in [0.15, 0.2) is 11.4 Å². The average Bonchev–Trinajstić information content (AvgIpc) is 2.61. The monoisotopic (exact) mass is 351 g/mol. The summed E-state index contributed by atoms with van der Waals surface area (Å²) in [6, 6.07) is 0. The van der Waals surface area contributed by atoms with Gasteiger partial charge in [-0.1, -0.05) is 23.4 Å². The van der Waals surface area contributed by atoms with Gasteiger partial charge in [-0.3, -0.25) is 9.52 Å². The lowest BCUT2D eigenvalue weighted by atomic mass is 10.4. The predicted molar refractivity (Wildman–Crippen MR) is 80.9 cm³/mol. The van der Waals surface area contributed by atoms with Crippen molar-refractivity contribution in [1.29, 1.82) is 0 Å². The van der Waals surface area contributed by atoms with Crippen molar-refractivity contribution in [3.05, 3.63) is 16.2 Å². The van der Waals surface area contributed by atoms with Crippen LogP contribution in [-0.2, 0) is 14.8 Å². The summed E-state index contributed by atoms with van der Waals surface area (Å²) in [6.45, 7) is 1.87. The van der Waals surface area contributed by atoms with Crippen molar-refractivity contribution in [3.8, 4) is 0 Å². The van der Waals surface area contributed by atoms with Crippen molar-refractivity contribution in [2.45, 2.75) is 11.9 Å². The molecule has 0 bridgehead atoms. The van der Waals surface area contributed by atoms with E-state index in [-0.39, 0.29) is 5.75 Å². The smallest absolute Gasteiger partial charge is 0.243 e. The number of rotatable bonds is 4. The highest BCUT2D eigenvalue weighted by molar-refractivity contribution is 8.00. The second-order valence-electron chi connectivity index (χ2n) is 3.92. The highest BCUT2D eigenvalue weighted by Crippen LogP contribution is 2.37. The van der Waals surface area contributed by atoms with Crippen molar-refractivity contribution < 1.29 is 13.2 Å². The summed E-state index contributed by atoms with van der Waals surface area (Å²) >= 11 is 8.75. The Hall–Kier alpha value is -0.900. The van der Waals surface area contributed by atoms with E-state index in [0.717, 1.165) is 27.7 Å². The molecule has 0 aliphatic heterocycles. The number of thioether (sulfide) groups is 1. The van der Waals surface area contributed by atoms with Crippen molar-refractivity contribution in [3.63, 3.8) is 0 Å². The zero-order chi connectivity index (χ0) is 14.9. The summed E-state index contributed by atoms with van der Waals surface area (Å²) in [7, 11) is -3.54. The van der Waals surface area contributed by atoms with Crippen LogP contribution in [0.2, 0.25) is 5.02 Å². The van der Waals surface area contributed by atoms with Crippen molar-refractivity contribution >= 4 is 60.8 Å². The molecule has 6 nitrogen and oxygen atoms in total. The summed E-state index contributed by atoms with van der Waals surface area (Å²) in [5, 5.41) is 1.83. The Bertz CT molecular complexity index is 773. The first-order valence-corrected chi connectivity index (χ1v) is 9.38. The van der Waals surface area contributed by atoms with E-state index in [1.54, 1.807) is 0 Å². The molecule has 108 valence electrons. The number of sulfonamides is 1. The van der Waals surface area contributed by atoms with Crippen LogP contribution in [0.1, 0.15) is 4.88 Å². The topological polar surface area (TPSA) is 89.0 Å². The largest absolute Gasteiger partial charge is 0.273 e. The maximum absolute atomic E-state index is 11.5. The zero-order valence-electron chi connectivity index (χ0n) is 10.5. The molecule has 0 atom stereocenters. The predicted octanol–water partition coefficient (Wildman–Crippen LogP) is 1.82. The summed E-state index contributed by atoms with van der Waals surface area (Å²) in [5.74, 6) is -0.669. The molecule has 0 aliphatic rings. The van der Waals surface area contributed by atoms with Crippen molar-refractivity contribution in [2.75, 3.05) is 12.0 Å². The molecule has 2 aromatic heterocycles. The highest BCUT2D eigenvalue weighted by atomic mass is 35.5. The van der Waals surface area contributed by atoms with Crippen LogP contribution in [-0.4, -0.2) is 36.3 Å². The number of fused-ring (bicyclic) bond motifs is 1. The van der Waals surface area contributed by atoms with Crippen LogP contribution in [0, 0.1) is 6.92 Å². The van der Waals surface area contributed by atoms with Crippen molar-refractivity contribution in [2.24, 2.45) is 0 Å². The van der Waals surface area contributed by atoms with E-state index in [1.807, 2.05) is 11.6 Å². The number of halogens is 1. The Morgan fingerprint density at radius 1 is 1.50 bits per heavy atom. The van der Waals surface area contributed by atoms with E-state index >= 15 is 0 Å². The van der Waals surface area contributed by atoms with Crippen LogP contribution in [0.3, 0.4) is 0 Å². The Morgan fingerprint density at radius 3 is 2.85 bits per heavy atom. The minimum Gasteiger partial charge on any atom is -0.273 e. The minimum absolute atomic E-state index is 0.0651. The molecule has 0 aromatic carbocycles. The lowest BCUT2D eigenvalue weighted by Crippen LogP contribution is -2.30. The quantitative estimate of drug-likeness (QED) is 0.667. The fourth-order valence-electron chi connectivity index (χ4n) is 1.46. The SMILES string of the molecule is Cc1sc2ncnc(SCC(=O)NS(C)(=O)=O)c2c1Cl. The minimum atomic E-state index is -3.54. The van der Waals surface area contributed by atoms with Gasteiger partial charge in [-0.2, -0.15) is 0 Å². The summed E-state index contributed by atoms with van der Waals surface area (Å²) in [4.78, 5) is 21.4. The van der Waals surface area contributed by atoms with Gasteiger partial charge in [0.2, 0.25) is 15.9 Å². The van der Waals surface area contributed by atoms with E-state index in [4.69, 9.17) is 11.6 Å². The molecule has 0 unspecified atom stereocenters. The van der Waals surface area contributed by atoms with E-state index in [2.05, 4.69) is 9.97 Å². The number of nitrogens with one attached hydrogen (secondary N) is 1. The normalized spacial score (nSPS) is 11.8. The number of hydrogen-bond acceptors (Lipinski definition) is 7. The third-order valence-corrected chi connectivity index (χ3v) is 5.38. The number of carbonyl (C=O) groups excluding carboxylic acids is 1. The van der Waals surface area contributed by atoms with Crippen LogP contribution in [0.5, 0.6) is 0 Å². The first-order chi connectivity index (χ1) is 9.28. The van der Waals surface area contributed by atoms with Gasteiger partial charge in [0.1, 0.15) is 16.2 Å². The fourth-order valence-corrected chi connectivity index (χ4v) is 4.20. The van der Waals surface area contributed by atoms with E-state index in [1.165, 1.54) is 17.7 Å². The second-order valence-corrected chi connectivity index (χ2v) is 8.21. The van der Waals surface area contributed by atoms with Crippen LogP contribution >= 0.6 is 34.7 Å². The Balaban J connectivity index is 2.20. The molecule has 0 radical (unpaired) electrons. The van der Waals surface area contributed by atoms with Crippen LogP contribution in [0.25, 0.3) is 10.2 Å². The molecule has 1 N–H and O–H groups in total. The second kappa shape index (κ2) is 5.84. The van der Waals surface area contributed by atoms with Gasteiger partial charge in [-0.05, 0) is 6.92 Å². The summed E-state index contributed by atoms with van der Waals surface area (Å²) in [6.07, 6.45) is 2.32.